The molecule has 0 saturated carbocycles. The van der Waals surface area contributed by atoms with E-state index in [0.29, 0.717) is 10.8 Å². The highest BCUT2D eigenvalue weighted by atomic mass is 32.1. The molecule has 0 aliphatic rings. The van der Waals surface area contributed by atoms with Crippen LogP contribution in [-0.4, -0.2) is 28.1 Å². The Kier molecular flexibility index (Phi) is 6.42. The van der Waals surface area contributed by atoms with Gasteiger partial charge in [0.15, 0.2) is 0 Å². The number of nitro benzene ring substituents is 1. The van der Waals surface area contributed by atoms with Crippen LogP contribution in [0.25, 0.3) is 28.0 Å². The quantitative estimate of drug-likeness (QED) is 0.172. The van der Waals surface area contributed by atoms with Gasteiger partial charge < -0.3 is 9.15 Å². The van der Waals surface area contributed by atoms with Crippen molar-refractivity contribution in [2.24, 2.45) is 0 Å². The average molecular weight is 473 g/mol. The summed E-state index contributed by atoms with van der Waals surface area (Å²) < 4.78 is 10.7. The second kappa shape index (κ2) is 9.76. The standard InChI is InChI=1S/C23H15N5O5S/c1-32-16-7-9-18(19(12-16)28(30)31)20-10-8-17(33-20)11-15(13-24)21(29)25-23-27-26-22(34-23)14-5-3-2-4-6-14/h2-12H,1H3,(H,25,27,29)/b15-11-. The number of hydrogen-bond acceptors (Lipinski definition) is 9. The summed E-state index contributed by atoms with van der Waals surface area (Å²) in [6, 6.07) is 18.6. The fourth-order valence-corrected chi connectivity index (χ4v) is 3.74. The number of aromatic nitrogens is 2. The molecule has 4 aromatic rings. The van der Waals surface area contributed by atoms with Crippen molar-refractivity contribution in [3.63, 3.8) is 0 Å². The number of rotatable bonds is 7. The number of furan rings is 1. The number of carbonyl (C=O) groups excluding carboxylic acids is 1. The summed E-state index contributed by atoms with van der Waals surface area (Å²) in [5.74, 6) is 0.0216. The highest BCUT2D eigenvalue weighted by Gasteiger charge is 2.20. The molecule has 0 atom stereocenters. The second-order valence-electron chi connectivity index (χ2n) is 6.74. The minimum atomic E-state index is -0.688. The van der Waals surface area contributed by atoms with Gasteiger partial charge in [-0.25, -0.2) is 0 Å². The topological polar surface area (TPSA) is 144 Å². The fourth-order valence-electron chi connectivity index (χ4n) is 3.00. The SMILES string of the molecule is COc1ccc(-c2ccc(/C=C(/C#N)C(=O)Nc3nnc(-c4ccccc4)s3)o2)c([N+](=O)[O-])c1. The number of nitriles is 1. The number of benzene rings is 2. The highest BCUT2D eigenvalue weighted by Crippen LogP contribution is 2.34. The summed E-state index contributed by atoms with van der Waals surface area (Å²) in [5.41, 5.74) is 0.651. The highest BCUT2D eigenvalue weighted by molar-refractivity contribution is 7.18. The molecule has 2 aromatic heterocycles. The van der Waals surface area contributed by atoms with E-state index in [1.807, 2.05) is 36.4 Å². The maximum absolute atomic E-state index is 12.6. The van der Waals surface area contributed by atoms with E-state index in [0.717, 1.165) is 5.56 Å². The smallest absolute Gasteiger partial charge is 0.284 e. The molecule has 0 unspecified atom stereocenters. The first-order valence-corrected chi connectivity index (χ1v) is 10.5. The first-order valence-electron chi connectivity index (χ1n) is 9.73. The molecule has 1 amide bonds. The molecule has 0 radical (unpaired) electrons. The molecular weight excluding hydrogens is 458 g/mol. The normalized spacial score (nSPS) is 11.0. The number of nitrogens with one attached hydrogen (secondary N) is 1. The molecule has 11 heteroatoms. The molecule has 0 saturated heterocycles. The Hall–Kier alpha value is -4.82. The summed E-state index contributed by atoms with van der Waals surface area (Å²) in [6.45, 7) is 0. The number of anilines is 1. The van der Waals surface area contributed by atoms with E-state index >= 15 is 0 Å². The molecule has 2 heterocycles. The molecule has 0 bridgehead atoms. The molecule has 1 N–H and O–H groups in total. The zero-order valence-corrected chi connectivity index (χ0v) is 18.4. The van der Waals surface area contributed by atoms with E-state index < -0.39 is 10.8 Å². The van der Waals surface area contributed by atoms with E-state index in [9.17, 15) is 20.2 Å². The van der Waals surface area contributed by atoms with Gasteiger partial charge in [-0.05, 0) is 24.3 Å². The number of nitrogens with zero attached hydrogens (tertiary/aromatic N) is 4. The molecule has 0 spiro atoms. The van der Waals surface area contributed by atoms with Crippen LogP contribution in [0.4, 0.5) is 10.8 Å². The van der Waals surface area contributed by atoms with Crippen LogP contribution in [0.5, 0.6) is 5.75 Å². The second-order valence-corrected chi connectivity index (χ2v) is 7.72. The van der Waals surface area contributed by atoms with Gasteiger partial charge in [-0.1, -0.05) is 41.7 Å². The van der Waals surface area contributed by atoms with Crippen LogP contribution in [0, 0.1) is 21.4 Å². The number of carbonyl (C=O) groups is 1. The van der Waals surface area contributed by atoms with Crippen LogP contribution in [0.3, 0.4) is 0 Å². The van der Waals surface area contributed by atoms with Crippen molar-refractivity contribution in [3.8, 4) is 33.7 Å². The Morgan fingerprint density at radius 2 is 2.00 bits per heavy atom. The number of ether oxygens (including phenoxy) is 1. The van der Waals surface area contributed by atoms with Crippen molar-refractivity contribution in [2.45, 2.75) is 0 Å². The fraction of sp³-hybridized carbons (Fsp3) is 0.0435. The van der Waals surface area contributed by atoms with Crippen molar-refractivity contribution in [2.75, 3.05) is 12.4 Å². The zero-order chi connectivity index (χ0) is 24.1. The van der Waals surface area contributed by atoms with Gasteiger partial charge in [0.2, 0.25) is 5.13 Å². The van der Waals surface area contributed by atoms with Crippen LogP contribution in [0.2, 0.25) is 0 Å². The van der Waals surface area contributed by atoms with Gasteiger partial charge in [0.25, 0.3) is 11.6 Å². The monoisotopic (exact) mass is 473 g/mol. The van der Waals surface area contributed by atoms with Crippen LogP contribution in [0.1, 0.15) is 5.76 Å². The van der Waals surface area contributed by atoms with E-state index in [1.165, 1.54) is 48.8 Å². The van der Waals surface area contributed by atoms with Gasteiger partial charge in [-0.2, -0.15) is 5.26 Å². The van der Waals surface area contributed by atoms with E-state index in [-0.39, 0.29) is 33.5 Å². The van der Waals surface area contributed by atoms with Crippen LogP contribution in [-0.2, 0) is 4.79 Å². The summed E-state index contributed by atoms with van der Waals surface area (Å²) in [4.78, 5) is 23.5. The maximum atomic E-state index is 12.6. The lowest BCUT2D eigenvalue weighted by Crippen LogP contribution is -2.13. The minimum Gasteiger partial charge on any atom is -0.497 e. The van der Waals surface area contributed by atoms with Gasteiger partial charge in [-0.3, -0.25) is 20.2 Å². The molecule has 34 heavy (non-hydrogen) atoms. The van der Waals surface area contributed by atoms with Crippen molar-refractivity contribution >= 4 is 34.1 Å². The number of methoxy groups -OCH3 is 1. The third-order valence-electron chi connectivity index (χ3n) is 4.61. The number of nitro groups is 1. The third kappa shape index (κ3) is 4.82. The molecule has 0 fully saturated rings. The predicted molar refractivity (Wildman–Crippen MR) is 125 cm³/mol. The van der Waals surface area contributed by atoms with Crippen LogP contribution < -0.4 is 10.1 Å². The van der Waals surface area contributed by atoms with E-state index in [1.54, 1.807) is 6.07 Å². The van der Waals surface area contributed by atoms with E-state index in [2.05, 4.69) is 15.5 Å². The van der Waals surface area contributed by atoms with Crippen LogP contribution in [0.15, 0.2) is 70.7 Å². The summed E-state index contributed by atoms with van der Waals surface area (Å²) in [7, 11) is 1.41. The Morgan fingerprint density at radius 1 is 1.21 bits per heavy atom. The zero-order valence-electron chi connectivity index (χ0n) is 17.6. The Labute approximate surface area is 196 Å². The van der Waals surface area contributed by atoms with Gasteiger partial charge in [0, 0.05) is 11.6 Å². The molecule has 10 nitrogen and oxygen atoms in total. The van der Waals surface area contributed by atoms with E-state index in [4.69, 9.17) is 9.15 Å². The maximum Gasteiger partial charge on any atom is 0.284 e. The third-order valence-corrected chi connectivity index (χ3v) is 5.50. The first-order chi connectivity index (χ1) is 16.5. The lowest BCUT2D eigenvalue weighted by atomic mass is 10.1. The minimum absolute atomic E-state index is 0.175. The molecular formula is C23H15N5O5S. The lowest BCUT2D eigenvalue weighted by molar-refractivity contribution is -0.384. The molecule has 168 valence electrons. The van der Waals surface area contributed by atoms with Gasteiger partial charge in [-0.15, -0.1) is 10.2 Å². The molecule has 0 aliphatic carbocycles. The van der Waals surface area contributed by atoms with Crippen LogP contribution >= 0.6 is 11.3 Å². The largest absolute Gasteiger partial charge is 0.497 e. The molecule has 0 aliphatic heterocycles. The molecule has 2 aromatic carbocycles. The van der Waals surface area contributed by atoms with Crippen molar-refractivity contribution in [1.29, 1.82) is 5.26 Å². The number of amides is 1. The summed E-state index contributed by atoms with van der Waals surface area (Å²) in [5, 5.41) is 32.3. The Morgan fingerprint density at radius 3 is 2.71 bits per heavy atom. The Balaban J connectivity index is 1.54. The van der Waals surface area contributed by atoms with Crippen molar-refractivity contribution < 1.29 is 18.9 Å². The van der Waals surface area contributed by atoms with Gasteiger partial charge in [0.1, 0.15) is 33.9 Å². The molecule has 4 rings (SSSR count). The predicted octanol–water partition coefficient (Wildman–Crippen LogP) is 4.93. The summed E-state index contributed by atoms with van der Waals surface area (Å²) >= 11 is 1.17. The van der Waals surface area contributed by atoms with Crippen molar-refractivity contribution in [1.82, 2.24) is 10.2 Å². The summed E-state index contributed by atoms with van der Waals surface area (Å²) in [6.07, 6.45) is 1.24. The lowest BCUT2D eigenvalue weighted by Gasteiger charge is -2.03. The van der Waals surface area contributed by atoms with Crippen molar-refractivity contribution in [3.05, 3.63) is 82.1 Å². The van der Waals surface area contributed by atoms with Gasteiger partial charge >= 0.3 is 0 Å². The number of hydrogen-bond donors (Lipinski definition) is 1. The average Bonchev–Trinajstić information content (AvgIpc) is 3.52. The Bertz CT molecular complexity index is 1440. The van der Waals surface area contributed by atoms with Gasteiger partial charge in [0.05, 0.1) is 23.7 Å². The first kappa shape index (κ1) is 22.4.